The van der Waals surface area contributed by atoms with Gasteiger partial charge in [-0.1, -0.05) is 22.0 Å². The van der Waals surface area contributed by atoms with E-state index in [1.54, 1.807) is 24.3 Å². The molecule has 2 atom stereocenters. The summed E-state index contributed by atoms with van der Waals surface area (Å²) in [5, 5.41) is 20.3. The number of aliphatic carboxylic acids is 1. The number of amides is 1. The monoisotopic (exact) mass is 301 g/mol. The second kappa shape index (κ2) is 5.79. The molecule has 92 valence electrons. The molecule has 0 aliphatic rings. The smallest absolute Gasteiger partial charge is 0.328 e. The van der Waals surface area contributed by atoms with Crippen molar-refractivity contribution >= 4 is 27.8 Å². The van der Waals surface area contributed by atoms with Crippen LogP contribution in [-0.2, 0) is 4.79 Å². The number of aliphatic hydroxyl groups excluding tert-OH is 1. The lowest BCUT2D eigenvalue weighted by Crippen LogP contribution is -2.47. The summed E-state index contributed by atoms with van der Waals surface area (Å²) in [6.07, 6.45) is -1.16. The Hall–Kier alpha value is -1.40. The Balaban J connectivity index is 2.81. The second-order valence-corrected chi connectivity index (χ2v) is 4.46. The summed E-state index contributed by atoms with van der Waals surface area (Å²) in [5.74, 6) is -1.82. The molecule has 1 rings (SSSR count). The average Bonchev–Trinajstić information content (AvgIpc) is 2.24. The second-order valence-electron chi connectivity index (χ2n) is 3.54. The fourth-order valence-electron chi connectivity index (χ4n) is 1.24. The number of aliphatic hydroxyl groups is 1. The summed E-state index contributed by atoms with van der Waals surface area (Å²) >= 11 is 3.21. The van der Waals surface area contributed by atoms with Gasteiger partial charge in [-0.05, 0) is 25.1 Å². The molecule has 0 aromatic heterocycles. The van der Waals surface area contributed by atoms with Crippen molar-refractivity contribution in [1.29, 1.82) is 0 Å². The molecule has 17 heavy (non-hydrogen) atoms. The molecular weight excluding hydrogens is 290 g/mol. The van der Waals surface area contributed by atoms with Crippen LogP contribution in [0.2, 0.25) is 0 Å². The van der Waals surface area contributed by atoms with Gasteiger partial charge in [0.15, 0.2) is 6.04 Å². The van der Waals surface area contributed by atoms with Gasteiger partial charge in [-0.2, -0.15) is 0 Å². The van der Waals surface area contributed by atoms with Crippen LogP contribution < -0.4 is 5.32 Å². The lowest BCUT2D eigenvalue weighted by Gasteiger charge is -2.16. The molecule has 0 aliphatic heterocycles. The highest BCUT2D eigenvalue weighted by atomic mass is 79.9. The van der Waals surface area contributed by atoms with Crippen LogP contribution in [0.4, 0.5) is 0 Å². The molecule has 0 fully saturated rings. The third kappa shape index (κ3) is 3.83. The number of nitrogens with one attached hydrogen (secondary N) is 1. The van der Waals surface area contributed by atoms with Crippen LogP contribution in [0.1, 0.15) is 17.3 Å². The van der Waals surface area contributed by atoms with Gasteiger partial charge in [0.25, 0.3) is 5.91 Å². The van der Waals surface area contributed by atoms with Crippen LogP contribution in [0.15, 0.2) is 28.7 Å². The topological polar surface area (TPSA) is 86.6 Å². The van der Waals surface area contributed by atoms with E-state index in [1.165, 1.54) is 6.92 Å². The number of carbonyl (C=O) groups excluding carboxylic acids is 1. The van der Waals surface area contributed by atoms with Gasteiger partial charge in [-0.3, -0.25) is 4.79 Å². The largest absolute Gasteiger partial charge is 0.480 e. The average molecular weight is 302 g/mol. The van der Waals surface area contributed by atoms with Gasteiger partial charge >= 0.3 is 5.97 Å². The zero-order valence-electron chi connectivity index (χ0n) is 9.05. The number of carboxylic acid groups (broad SMARTS) is 1. The maximum atomic E-state index is 11.7. The van der Waals surface area contributed by atoms with E-state index < -0.39 is 24.0 Å². The lowest BCUT2D eigenvalue weighted by atomic mass is 10.1. The Labute approximate surface area is 107 Å². The number of rotatable bonds is 4. The number of hydrogen-bond acceptors (Lipinski definition) is 3. The minimum atomic E-state index is -1.32. The van der Waals surface area contributed by atoms with Crippen LogP contribution >= 0.6 is 15.9 Å². The minimum absolute atomic E-state index is 0.325. The quantitative estimate of drug-likeness (QED) is 0.775. The Bertz CT molecular complexity index is 433. The van der Waals surface area contributed by atoms with Gasteiger partial charge in [0.05, 0.1) is 6.10 Å². The molecule has 0 aliphatic carbocycles. The van der Waals surface area contributed by atoms with Gasteiger partial charge < -0.3 is 15.5 Å². The fourth-order valence-corrected chi connectivity index (χ4v) is 1.64. The first-order chi connectivity index (χ1) is 7.91. The van der Waals surface area contributed by atoms with Crippen molar-refractivity contribution in [1.82, 2.24) is 5.32 Å². The van der Waals surface area contributed by atoms with E-state index in [2.05, 4.69) is 21.2 Å². The maximum absolute atomic E-state index is 11.7. The Morgan fingerprint density at radius 2 is 2.06 bits per heavy atom. The molecule has 3 N–H and O–H groups in total. The van der Waals surface area contributed by atoms with Crippen molar-refractivity contribution in [3.63, 3.8) is 0 Å². The molecule has 0 bridgehead atoms. The van der Waals surface area contributed by atoms with E-state index in [4.69, 9.17) is 5.11 Å². The van der Waals surface area contributed by atoms with Crippen molar-refractivity contribution in [2.75, 3.05) is 0 Å². The summed E-state index contributed by atoms with van der Waals surface area (Å²) in [5.41, 5.74) is 0.325. The number of halogens is 1. The van der Waals surface area contributed by atoms with E-state index in [0.717, 1.165) is 0 Å². The van der Waals surface area contributed by atoms with E-state index in [1.807, 2.05) is 0 Å². The van der Waals surface area contributed by atoms with Crippen LogP contribution in [0, 0.1) is 0 Å². The Morgan fingerprint density at radius 1 is 1.41 bits per heavy atom. The summed E-state index contributed by atoms with van der Waals surface area (Å²) in [4.78, 5) is 22.5. The first-order valence-electron chi connectivity index (χ1n) is 4.89. The fraction of sp³-hybridized carbons (Fsp3) is 0.273. The molecule has 0 radical (unpaired) electrons. The number of benzene rings is 1. The minimum Gasteiger partial charge on any atom is -0.480 e. The van der Waals surface area contributed by atoms with Gasteiger partial charge in [0.2, 0.25) is 0 Å². The molecule has 5 nitrogen and oxygen atoms in total. The lowest BCUT2D eigenvalue weighted by molar-refractivity contribution is -0.141. The number of hydrogen-bond donors (Lipinski definition) is 3. The summed E-state index contributed by atoms with van der Waals surface area (Å²) in [7, 11) is 0. The third-order valence-electron chi connectivity index (χ3n) is 2.12. The van der Waals surface area contributed by atoms with E-state index in [0.29, 0.717) is 10.0 Å². The first-order valence-corrected chi connectivity index (χ1v) is 5.68. The molecule has 0 saturated carbocycles. The van der Waals surface area contributed by atoms with Gasteiger partial charge in [-0.25, -0.2) is 4.79 Å². The summed E-state index contributed by atoms with van der Waals surface area (Å²) in [6, 6.07) is 5.22. The highest BCUT2D eigenvalue weighted by molar-refractivity contribution is 9.10. The highest BCUT2D eigenvalue weighted by Gasteiger charge is 2.25. The van der Waals surface area contributed by atoms with E-state index in [-0.39, 0.29) is 0 Å². The van der Waals surface area contributed by atoms with Crippen molar-refractivity contribution in [2.45, 2.75) is 19.1 Å². The normalized spacial score (nSPS) is 13.8. The van der Waals surface area contributed by atoms with Gasteiger partial charge in [0.1, 0.15) is 0 Å². The SMILES string of the molecule is C[C@@H](O)[C@H](NC(=O)c1cccc(Br)c1)C(=O)O. The molecule has 0 heterocycles. The number of carboxylic acids is 1. The van der Waals surface area contributed by atoms with E-state index >= 15 is 0 Å². The van der Waals surface area contributed by atoms with Crippen molar-refractivity contribution in [3.8, 4) is 0 Å². The first kappa shape index (κ1) is 13.7. The molecule has 0 saturated heterocycles. The van der Waals surface area contributed by atoms with Crippen molar-refractivity contribution in [3.05, 3.63) is 34.3 Å². The van der Waals surface area contributed by atoms with Gasteiger partial charge in [0, 0.05) is 10.0 Å². The zero-order chi connectivity index (χ0) is 13.0. The summed E-state index contributed by atoms with van der Waals surface area (Å²) in [6.45, 7) is 1.31. The standard InChI is InChI=1S/C11H12BrNO4/c1-6(14)9(11(16)17)13-10(15)7-3-2-4-8(12)5-7/h2-6,9,14H,1H3,(H,13,15)(H,16,17)/t6-,9+/m1/s1. The maximum Gasteiger partial charge on any atom is 0.328 e. The predicted molar refractivity (Wildman–Crippen MR) is 64.7 cm³/mol. The summed E-state index contributed by atoms with van der Waals surface area (Å²) < 4.78 is 0.717. The molecule has 1 aromatic rings. The molecule has 0 unspecified atom stereocenters. The molecule has 6 heteroatoms. The van der Waals surface area contributed by atoms with Crippen molar-refractivity contribution < 1.29 is 19.8 Å². The van der Waals surface area contributed by atoms with Crippen LogP contribution in [0.3, 0.4) is 0 Å². The van der Waals surface area contributed by atoms with Gasteiger partial charge in [-0.15, -0.1) is 0 Å². The molecule has 1 amide bonds. The molecule has 1 aromatic carbocycles. The van der Waals surface area contributed by atoms with E-state index in [9.17, 15) is 14.7 Å². The number of carbonyl (C=O) groups is 2. The molecular formula is C11H12BrNO4. The zero-order valence-corrected chi connectivity index (χ0v) is 10.6. The molecule has 0 spiro atoms. The third-order valence-corrected chi connectivity index (χ3v) is 2.62. The van der Waals surface area contributed by atoms with Crippen LogP contribution in [0.5, 0.6) is 0 Å². The van der Waals surface area contributed by atoms with Crippen molar-refractivity contribution in [2.24, 2.45) is 0 Å². The van der Waals surface area contributed by atoms with Crippen LogP contribution in [0.25, 0.3) is 0 Å². The Kier molecular flexibility index (Phi) is 4.65. The van der Waals surface area contributed by atoms with Crippen LogP contribution in [-0.4, -0.2) is 34.2 Å². The Morgan fingerprint density at radius 3 is 2.53 bits per heavy atom. The highest BCUT2D eigenvalue weighted by Crippen LogP contribution is 2.11. The predicted octanol–water partition coefficient (Wildman–Crippen LogP) is 1.01.